The van der Waals surface area contributed by atoms with Crippen LogP contribution >= 0.6 is 0 Å². The van der Waals surface area contributed by atoms with E-state index in [-0.39, 0.29) is 27.8 Å². The van der Waals surface area contributed by atoms with Crippen LogP contribution in [0, 0.1) is 5.92 Å². The van der Waals surface area contributed by atoms with Crippen LogP contribution in [0.2, 0.25) is 0 Å². The quantitative estimate of drug-likeness (QED) is 0.519. The van der Waals surface area contributed by atoms with Crippen LogP contribution in [-0.2, 0) is 30.6 Å². The third kappa shape index (κ3) is 6.84. The summed E-state index contributed by atoms with van der Waals surface area (Å²) >= 11 is 0. The van der Waals surface area contributed by atoms with Crippen LogP contribution in [0.5, 0.6) is 0 Å². The largest absolute Gasteiger partial charge is 0.299 e. The number of hydrogen-bond acceptors (Lipinski definition) is 4. The highest BCUT2D eigenvalue weighted by Crippen LogP contribution is 2.29. The number of ketones is 2. The third-order valence-corrected chi connectivity index (χ3v) is 8.78. The van der Waals surface area contributed by atoms with E-state index >= 15 is 0 Å². The van der Waals surface area contributed by atoms with Gasteiger partial charge in [0, 0.05) is 5.92 Å². The highest BCUT2D eigenvalue weighted by atomic mass is 32.2. The second kappa shape index (κ2) is 9.34. The fraction of sp³-hybridized carbons (Fsp3) is 0.882. The maximum Gasteiger partial charge on any atom is 0.264 e. The van der Waals surface area contributed by atoms with Crippen LogP contribution in [0.15, 0.2) is 0 Å². The lowest BCUT2D eigenvalue weighted by Crippen LogP contribution is -2.36. The highest BCUT2D eigenvalue weighted by molar-refractivity contribution is 7.97. The van der Waals surface area contributed by atoms with Crippen molar-refractivity contribution >= 4 is 32.6 Å². The van der Waals surface area contributed by atoms with Gasteiger partial charge in [0.05, 0.1) is 25.0 Å². The minimum absolute atomic E-state index is 0.0254. The summed E-state index contributed by atoms with van der Waals surface area (Å²) in [4.78, 5) is 24.1. The molecule has 1 N–H and O–H groups in total. The summed E-state index contributed by atoms with van der Waals surface area (Å²) in [5.41, 5.74) is 0. The maximum atomic E-state index is 12.6. The van der Waals surface area contributed by atoms with Gasteiger partial charge in [0.1, 0.15) is 28.3 Å². The van der Waals surface area contributed by atoms with E-state index in [0.29, 0.717) is 43.7 Å². The van der Waals surface area contributed by atoms with Crippen LogP contribution in [-0.4, -0.2) is 47.0 Å². The first kappa shape index (κ1) is 19.9. The number of hydrogen-bond donors (Lipinski definition) is 1. The summed E-state index contributed by atoms with van der Waals surface area (Å²) in [5.74, 6) is 2.25. The van der Waals surface area contributed by atoms with E-state index in [0.717, 1.165) is 37.2 Å². The van der Waals surface area contributed by atoms with Crippen LogP contribution in [0.4, 0.5) is 0 Å². The van der Waals surface area contributed by atoms with Crippen LogP contribution in [0.1, 0.15) is 64.2 Å². The Morgan fingerprint density at radius 1 is 1.17 bits per heavy atom. The number of carbonyl (C=O) groups excluding carboxylic acids is 2. The molecule has 1 aliphatic heterocycles. The Morgan fingerprint density at radius 2 is 1.79 bits per heavy atom. The molecule has 0 aromatic rings. The molecule has 2 rings (SSSR count). The van der Waals surface area contributed by atoms with Crippen molar-refractivity contribution in [1.82, 2.24) is 0 Å². The second-order valence-corrected chi connectivity index (χ2v) is 11.2. The van der Waals surface area contributed by atoms with Gasteiger partial charge in [-0.25, -0.2) is 0 Å². The topological polar surface area (TPSA) is 88.5 Å². The zero-order chi connectivity index (χ0) is 17.6. The third-order valence-electron chi connectivity index (χ3n) is 5.18. The van der Waals surface area contributed by atoms with E-state index in [1.54, 1.807) is 0 Å². The summed E-state index contributed by atoms with van der Waals surface area (Å²) < 4.78 is 30.8. The molecule has 2 fully saturated rings. The first-order chi connectivity index (χ1) is 11.3. The molecule has 0 aromatic heterocycles. The monoisotopic (exact) mass is 377 g/mol. The van der Waals surface area contributed by atoms with Gasteiger partial charge >= 0.3 is 0 Å². The molecular weight excluding hydrogens is 348 g/mol. The van der Waals surface area contributed by atoms with Crippen molar-refractivity contribution in [3.8, 4) is 0 Å². The average molecular weight is 378 g/mol. The minimum Gasteiger partial charge on any atom is -0.299 e. The molecular formula is C17H29O5S2+. The lowest BCUT2D eigenvalue weighted by atomic mass is 9.84. The first-order valence-electron chi connectivity index (χ1n) is 9.01. The Labute approximate surface area is 148 Å². The predicted octanol–water partition coefficient (Wildman–Crippen LogP) is 2.54. The smallest absolute Gasteiger partial charge is 0.264 e. The van der Waals surface area contributed by atoms with Crippen molar-refractivity contribution in [1.29, 1.82) is 0 Å². The van der Waals surface area contributed by atoms with Gasteiger partial charge in [-0.3, -0.25) is 14.1 Å². The minimum atomic E-state index is -3.94. The van der Waals surface area contributed by atoms with Crippen molar-refractivity contribution in [3.05, 3.63) is 0 Å². The zero-order valence-corrected chi connectivity index (χ0v) is 15.9. The van der Waals surface area contributed by atoms with Gasteiger partial charge < -0.3 is 0 Å². The van der Waals surface area contributed by atoms with Gasteiger partial charge in [0.25, 0.3) is 10.1 Å². The molecule has 0 aromatic carbocycles. The van der Waals surface area contributed by atoms with E-state index < -0.39 is 10.1 Å². The Morgan fingerprint density at radius 3 is 2.38 bits per heavy atom. The van der Waals surface area contributed by atoms with E-state index in [2.05, 4.69) is 0 Å². The van der Waals surface area contributed by atoms with Crippen molar-refractivity contribution < 1.29 is 22.6 Å². The molecule has 2 aliphatic rings. The molecule has 5 nitrogen and oxygen atoms in total. The first-order valence-corrected chi connectivity index (χ1v) is 12.2. The standard InChI is InChI=1S/C17H28O5S2/c18-15-8-10-23(11-9-15)16(7-4-12-24(20,21)22)13-17(19)14-5-2-1-3-6-14/h14,16H,1-13H2/p+1. The lowest BCUT2D eigenvalue weighted by Gasteiger charge is -2.25. The molecule has 0 radical (unpaired) electrons. The molecule has 1 atom stereocenters. The molecule has 1 saturated heterocycles. The molecule has 1 saturated carbocycles. The van der Waals surface area contributed by atoms with Crippen molar-refractivity contribution in [2.24, 2.45) is 5.92 Å². The van der Waals surface area contributed by atoms with Gasteiger partial charge in [-0.2, -0.15) is 8.42 Å². The molecule has 0 amide bonds. The lowest BCUT2D eigenvalue weighted by molar-refractivity contribution is -0.123. The summed E-state index contributed by atoms with van der Waals surface area (Å²) in [6, 6.07) is 0. The number of rotatable bonds is 8. The Hall–Kier alpha value is -0.400. The summed E-state index contributed by atoms with van der Waals surface area (Å²) in [6.45, 7) is 0. The number of Topliss-reactive ketones (excluding diaryl/α,β-unsaturated/α-hetero) is 2. The van der Waals surface area contributed by atoms with Gasteiger partial charge in [-0.05, 0) is 36.6 Å². The van der Waals surface area contributed by atoms with Crippen molar-refractivity contribution in [2.75, 3.05) is 17.3 Å². The van der Waals surface area contributed by atoms with E-state index in [1.165, 1.54) is 6.42 Å². The SMILES string of the molecule is O=C1CC[S+](C(CCCS(=O)(=O)O)CC(=O)C2CCCCC2)CC1. The fourth-order valence-electron chi connectivity index (χ4n) is 3.75. The normalized spacial score (nSPS) is 22.5. The average Bonchev–Trinajstić information content (AvgIpc) is 2.54. The van der Waals surface area contributed by atoms with Crippen molar-refractivity contribution in [2.45, 2.75) is 69.5 Å². The Balaban J connectivity index is 1.92. The molecule has 1 heterocycles. The van der Waals surface area contributed by atoms with Crippen LogP contribution in [0.3, 0.4) is 0 Å². The predicted molar refractivity (Wildman–Crippen MR) is 97.0 cm³/mol. The van der Waals surface area contributed by atoms with Crippen molar-refractivity contribution in [3.63, 3.8) is 0 Å². The van der Waals surface area contributed by atoms with E-state index in [1.807, 2.05) is 0 Å². The second-order valence-electron chi connectivity index (χ2n) is 7.04. The Bertz CT molecular complexity index is 527. The molecule has 138 valence electrons. The van der Waals surface area contributed by atoms with Gasteiger partial charge in [-0.1, -0.05) is 19.3 Å². The summed E-state index contributed by atoms with van der Waals surface area (Å²) in [5, 5.41) is 0.175. The van der Waals surface area contributed by atoms with Crippen LogP contribution in [0.25, 0.3) is 0 Å². The molecule has 1 unspecified atom stereocenters. The maximum absolute atomic E-state index is 12.6. The Kier molecular flexibility index (Phi) is 7.75. The summed E-state index contributed by atoms with van der Waals surface area (Å²) in [7, 11) is -3.92. The van der Waals surface area contributed by atoms with Gasteiger partial charge in [0.2, 0.25) is 0 Å². The molecule has 0 spiro atoms. The van der Waals surface area contributed by atoms with E-state index in [9.17, 15) is 18.0 Å². The molecule has 24 heavy (non-hydrogen) atoms. The molecule has 1 aliphatic carbocycles. The van der Waals surface area contributed by atoms with E-state index in [4.69, 9.17) is 4.55 Å². The highest BCUT2D eigenvalue weighted by Gasteiger charge is 2.37. The van der Waals surface area contributed by atoms with Crippen LogP contribution < -0.4 is 0 Å². The van der Waals surface area contributed by atoms with Gasteiger partial charge in [-0.15, -0.1) is 0 Å². The van der Waals surface area contributed by atoms with Gasteiger partial charge in [0.15, 0.2) is 0 Å². The fourth-order valence-corrected chi connectivity index (χ4v) is 7.03. The molecule has 7 heteroatoms. The zero-order valence-electron chi connectivity index (χ0n) is 14.2. The summed E-state index contributed by atoms with van der Waals surface area (Å²) in [6.07, 6.45) is 8.20. The molecule has 0 bridgehead atoms. The number of carbonyl (C=O) groups is 2.